The zero-order valence-electron chi connectivity index (χ0n) is 7.32. The number of carbonyl (C=O) groups excluding carboxylic acids is 1. The number of rotatable bonds is 5. The van der Waals surface area contributed by atoms with E-state index in [0.29, 0.717) is 18.6 Å². The summed E-state index contributed by atoms with van der Waals surface area (Å²) in [5, 5.41) is 8.70. The van der Waals surface area contributed by atoms with Crippen LogP contribution >= 0.6 is 0 Å². The molecule has 1 aromatic heterocycles. The minimum absolute atomic E-state index is 0.00180. The van der Waals surface area contributed by atoms with E-state index < -0.39 is 0 Å². The van der Waals surface area contributed by atoms with Gasteiger partial charge in [0.2, 0.25) is 0 Å². The Hall–Kier alpha value is -1.35. The number of hydrogen-bond donors (Lipinski definition) is 1. The minimum atomic E-state index is -0.102. The molecule has 0 saturated heterocycles. The second-order valence-electron chi connectivity index (χ2n) is 2.70. The van der Waals surface area contributed by atoms with E-state index in [2.05, 4.69) is 6.58 Å². The van der Waals surface area contributed by atoms with E-state index in [0.717, 1.165) is 5.76 Å². The van der Waals surface area contributed by atoms with Gasteiger partial charge in [0.25, 0.3) is 0 Å². The van der Waals surface area contributed by atoms with Crippen molar-refractivity contribution in [2.75, 3.05) is 0 Å². The Kier molecular flexibility index (Phi) is 3.46. The van der Waals surface area contributed by atoms with Crippen molar-refractivity contribution < 1.29 is 14.3 Å². The lowest BCUT2D eigenvalue weighted by molar-refractivity contribution is -0.114. The SMILES string of the molecule is C=CC(=O)CCc1ccc(CO)o1. The second-order valence-corrected chi connectivity index (χ2v) is 2.70. The third kappa shape index (κ3) is 2.87. The predicted molar refractivity (Wildman–Crippen MR) is 48.2 cm³/mol. The second kappa shape index (κ2) is 4.62. The highest BCUT2D eigenvalue weighted by atomic mass is 16.4. The number of carbonyl (C=O) groups is 1. The third-order valence-electron chi connectivity index (χ3n) is 1.72. The fourth-order valence-corrected chi connectivity index (χ4v) is 0.990. The third-order valence-corrected chi connectivity index (χ3v) is 1.72. The number of aryl methyl sites for hydroxylation is 1. The number of ketones is 1. The number of aliphatic hydroxyl groups excluding tert-OH is 1. The van der Waals surface area contributed by atoms with Crippen molar-refractivity contribution in [2.24, 2.45) is 0 Å². The molecule has 0 aromatic carbocycles. The summed E-state index contributed by atoms with van der Waals surface area (Å²) in [4.78, 5) is 10.9. The first-order chi connectivity index (χ1) is 6.26. The molecule has 1 rings (SSSR count). The van der Waals surface area contributed by atoms with Gasteiger partial charge in [-0.05, 0) is 18.2 Å². The van der Waals surface area contributed by atoms with Crippen LogP contribution in [-0.4, -0.2) is 10.9 Å². The Morgan fingerprint density at radius 3 is 2.77 bits per heavy atom. The summed E-state index contributed by atoms with van der Waals surface area (Å²) < 4.78 is 5.19. The molecule has 0 radical (unpaired) electrons. The van der Waals surface area contributed by atoms with E-state index in [9.17, 15) is 4.79 Å². The first kappa shape index (κ1) is 9.74. The standard InChI is InChI=1S/C10H12O3/c1-2-8(12)3-4-9-5-6-10(7-11)13-9/h2,5-6,11H,1,3-4,7H2. The Bertz CT molecular complexity index is 299. The molecule has 3 heteroatoms. The van der Waals surface area contributed by atoms with Crippen molar-refractivity contribution in [1.29, 1.82) is 0 Å². The van der Waals surface area contributed by atoms with Gasteiger partial charge in [0.05, 0.1) is 0 Å². The van der Waals surface area contributed by atoms with Gasteiger partial charge in [-0.1, -0.05) is 6.58 Å². The van der Waals surface area contributed by atoms with Crippen molar-refractivity contribution in [3.8, 4) is 0 Å². The van der Waals surface area contributed by atoms with Gasteiger partial charge in [0.1, 0.15) is 18.1 Å². The van der Waals surface area contributed by atoms with Crippen LogP contribution in [0.25, 0.3) is 0 Å². The lowest BCUT2D eigenvalue weighted by Crippen LogP contribution is -1.93. The first-order valence-corrected chi connectivity index (χ1v) is 4.10. The molecule has 0 aliphatic heterocycles. The van der Waals surface area contributed by atoms with Crippen LogP contribution in [0.5, 0.6) is 0 Å². The highest BCUT2D eigenvalue weighted by Crippen LogP contribution is 2.09. The highest BCUT2D eigenvalue weighted by Gasteiger charge is 2.02. The topological polar surface area (TPSA) is 50.4 Å². The van der Waals surface area contributed by atoms with E-state index in [1.807, 2.05) is 0 Å². The fraction of sp³-hybridized carbons (Fsp3) is 0.300. The quantitative estimate of drug-likeness (QED) is 0.698. The van der Waals surface area contributed by atoms with Gasteiger partial charge < -0.3 is 9.52 Å². The van der Waals surface area contributed by atoms with Gasteiger partial charge in [-0.15, -0.1) is 0 Å². The maximum Gasteiger partial charge on any atom is 0.155 e. The van der Waals surface area contributed by atoms with Crippen molar-refractivity contribution in [3.05, 3.63) is 36.3 Å². The molecule has 1 heterocycles. The molecule has 1 aromatic rings. The van der Waals surface area contributed by atoms with Crippen LogP contribution in [0.2, 0.25) is 0 Å². The molecular weight excluding hydrogens is 168 g/mol. The minimum Gasteiger partial charge on any atom is -0.464 e. The molecule has 1 N–H and O–H groups in total. The lowest BCUT2D eigenvalue weighted by atomic mass is 10.2. The summed E-state index contributed by atoms with van der Waals surface area (Å²) in [6.07, 6.45) is 2.27. The number of furan rings is 1. The molecule has 0 aliphatic rings. The maximum atomic E-state index is 10.9. The summed E-state index contributed by atoms with van der Waals surface area (Å²) in [5.74, 6) is 1.25. The molecule has 0 atom stereocenters. The largest absolute Gasteiger partial charge is 0.464 e. The van der Waals surface area contributed by atoms with Gasteiger partial charge in [-0.3, -0.25) is 4.79 Å². The maximum absolute atomic E-state index is 10.9. The summed E-state index contributed by atoms with van der Waals surface area (Å²) >= 11 is 0. The van der Waals surface area contributed by atoms with Crippen molar-refractivity contribution >= 4 is 5.78 Å². The van der Waals surface area contributed by atoms with Gasteiger partial charge >= 0.3 is 0 Å². The molecule has 0 fully saturated rings. The van der Waals surface area contributed by atoms with E-state index in [4.69, 9.17) is 9.52 Å². The molecule has 0 aliphatic carbocycles. The Labute approximate surface area is 76.7 Å². The number of allylic oxidation sites excluding steroid dienone is 1. The van der Waals surface area contributed by atoms with Crippen LogP contribution in [0.1, 0.15) is 17.9 Å². The summed E-state index contributed by atoms with van der Waals surface area (Å²) in [7, 11) is 0. The number of hydrogen-bond acceptors (Lipinski definition) is 3. The molecule has 0 spiro atoms. The van der Waals surface area contributed by atoms with Crippen LogP contribution in [-0.2, 0) is 17.8 Å². The zero-order valence-corrected chi connectivity index (χ0v) is 7.32. The molecule has 0 unspecified atom stereocenters. The van der Waals surface area contributed by atoms with E-state index >= 15 is 0 Å². The summed E-state index contributed by atoms with van der Waals surface area (Å²) in [6, 6.07) is 3.47. The highest BCUT2D eigenvalue weighted by molar-refractivity contribution is 5.89. The predicted octanol–water partition coefficient (Wildman–Crippen LogP) is 1.46. The first-order valence-electron chi connectivity index (χ1n) is 4.10. The average molecular weight is 180 g/mol. The van der Waals surface area contributed by atoms with E-state index in [1.54, 1.807) is 12.1 Å². The van der Waals surface area contributed by atoms with Crippen LogP contribution in [0.15, 0.2) is 29.2 Å². The van der Waals surface area contributed by atoms with Gasteiger partial charge in [-0.25, -0.2) is 0 Å². The summed E-state index contributed by atoms with van der Waals surface area (Å²) in [6.45, 7) is 3.27. The molecule has 70 valence electrons. The molecular formula is C10H12O3. The molecule has 0 amide bonds. The van der Waals surface area contributed by atoms with Crippen LogP contribution in [0.3, 0.4) is 0 Å². The van der Waals surface area contributed by atoms with Crippen molar-refractivity contribution in [2.45, 2.75) is 19.4 Å². The zero-order chi connectivity index (χ0) is 9.68. The average Bonchev–Trinajstić information content (AvgIpc) is 2.61. The molecule has 0 saturated carbocycles. The Morgan fingerprint density at radius 1 is 1.54 bits per heavy atom. The molecule has 3 nitrogen and oxygen atoms in total. The Morgan fingerprint density at radius 2 is 2.23 bits per heavy atom. The van der Waals surface area contributed by atoms with Crippen LogP contribution in [0.4, 0.5) is 0 Å². The van der Waals surface area contributed by atoms with Gasteiger partial charge in [-0.2, -0.15) is 0 Å². The summed E-state index contributed by atoms with van der Waals surface area (Å²) in [5.41, 5.74) is 0. The molecule has 13 heavy (non-hydrogen) atoms. The van der Waals surface area contributed by atoms with Crippen molar-refractivity contribution in [3.63, 3.8) is 0 Å². The van der Waals surface area contributed by atoms with Crippen LogP contribution in [0, 0.1) is 0 Å². The van der Waals surface area contributed by atoms with Crippen molar-refractivity contribution in [1.82, 2.24) is 0 Å². The number of aliphatic hydroxyl groups is 1. The lowest BCUT2D eigenvalue weighted by Gasteiger charge is -1.93. The van der Waals surface area contributed by atoms with E-state index in [1.165, 1.54) is 6.08 Å². The van der Waals surface area contributed by atoms with E-state index in [-0.39, 0.29) is 12.4 Å². The molecule has 0 bridgehead atoms. The fourth-order valence-electron chi connectivity index (χ4n) is 0.990. The normalized spacial score (nSPS) is 9.92. The smallest absolute Gasteiger partial charge is 0.155 e. The Balaban J connectivity index is 2.45. The van der Waals surface area contributed by atoms with Gasteiger partial charge in [0.15, 0.2) is 5.78 Å². The van der Waals surface area contributed by atoms with Crippen LogP contribution < -0.4 is 0 Å². The monoisotopic (exact) mass is 180 g/mol. The van der Waals surface area contributed by atoms with Gasteiger partial charge in [0, 0.05) is 12.8 Å².